The van der Waals surface area contributed by atoms with Crippen LogP contribution < -0.4 is 10.6 Å². The van der Waals surface area contributed by atoms with Crippen LogP contribution in [-0.2, 0) is 14.3 Å². The summed E-state index contributed by atoms with van der Waals surface area (Å²) in [6.45, 7) is 0.367. The third kappa shape index (κ3) is 4.51. The first kappa shape index (κ1) is 23.4. The van der Waals surface area contributed by atoms with Crippen molar-refractivity contribution in [2.45, 2.75) is 62.8 Å². The van der Waals surface area contributed by atoms with E-state index in [1.165, 1.54) is 11.1 Å². The van der Waals surface area contributed by atoms with E-state index in [0.29, 0.717) is 25.7 Å². The number of nitrogens with one attached hydrogen (secondary N) is 2. The molecule has 3 aliphatic carbocycles. The molecular formula is C28H32N2O5. The fraction of sp³-hybridized carbons (Fsp3) is 0.464. The van der Waals surface area contributed by atoms with E-state index < -0.39 is 23.0 Å². The fourth-order valence-electron chi connectivity index (χ4n) is 5.96. The number of hydrogen-bond donors (Lipinski definition) is 3. The number of carboxylic acid groups (broad SMARTS) is 1. The molecule has 2 saturated carbocycles. The minimum absolute atomic E-state index is 0.0209. The zero-order chi connectivity index (χ0) is 24.5. The molecule has 0 radical (unpaired) electrons. The van der Waals surface area contributed by atoms with Crippen LogP contribution in [0.3, 0.4) is 0 Å². The molecule has 0 bridgehead atoms. The molecule has 2 fully saturated rings. The maximum atomic E-state index is 12.8. The van der Waals surface area contributed by atoms with Gasteiger partial charge in [-0.3, -0.25) is 9.59 Å². The predicted molar refractivity (Wildman–Crippen MR) is 131 cm³/mol. The fourth-order valence-corrected chi connectivity index (χ4v) is 5.96. The van der Waals surface area contributed by atoms with Crippen molar-refractivity contribution in [1.29, 1.82) is 0 Å². The van der Waals surface area contributed by atoms with Gasteiger partial charge in [0.05, 0.1) is 11.0 Å². The molecule has 0 unspecified atom stereocenters. The number of rotatable bonds is 8. The van der Waals surface area contributed by atoms with Gasteiger partial charge in [-0.15, -0.1) is 0 Å². The second-order valence-corrected chi connectivity index (χ2v) is 10.3. The number of carboxylic acids is 1. The third-order valence-electron chi connectivity index (χ3n) is 8.16. The largest absolute Gasteiger partial charge is 0.481 e. The molecule has 5 rings (SSSR count). The molecule has 3 N–H and O–H groups in total. The molecule has 0 spiro atoms. The smallest absolute Gasteiger partial charge is 0.407 e. The first-order valence-electron chi connectivity index (χ1n) is 12.5. The Bertz CT molecular complexity index is 1090. The van der Waals surface area contributed by atoms with Gasteiger partial charge in [0.1, 0.15) is 6.61 Å². The highest BCUT2D eigenvalue weighted by molar-refractivity contribution is 5.81. The molecule has 3 aliphatic rings. The molecule has 7 nitrogen and oxygen atoms in total. The summed E-state index contributed by atoms with van der Waals surface area (Å²) in [4.78, 5) is 37.2. The Hall–Kier alpha value is -3.35. The van der Waals surface area contributed by atoms with Gasteiger partial charge in [-0.25, -0.2) is 4.79 Å². The first-order chi connectivity index (χ1) is 16.9. The lowest BCUT2D eigenvalue weighted by Crippen LogP contribution is -2.56. The number of ether oxygens (including phenoxy) is 1. The second kappa shape index (κ2) is 9.36. The van der Waals surface area contributed by atoms with E-state index in [9.17, 15) is 19.5 Å². The second-order valence-electron chi connectivity index (χ2n) is 10.3. The number of fused-ring (bicyclic) bond motifs is 3. The summed E-state index contributed by atoms with van der Waals surface area (Å²) in [5, 5.41) is 15.4. The van der Waals surface area contributed by atoms with E-state index in [0.717, 1.165) is 30.4 Å². The zero-order valence-corrected chi connectivity index (χ0v) is 19.8. The summed E-state index contributed by atoms with van der Waals surface area (Å²) in [6, 6.07) is 16.4. The van der Waals surface area contributed by atoms with Crippen LogP contribution in [0.4, 0.5) is 4.79 Å². The average Bonchev–Trinajstić information content (AvgIpc) is 3.44. The molecule has 0 heterocycles. The van der Waals surface area contributed by atoms with Crippen molar-refractivity contribution in [2.24, 2.45) is 5.41 Å². The van der Waals surface area contributed by atoms with Crippen LogP contribution >= 0.6 is 0 Å². The van der Waals surface area contributed by atoms with Crippen molar-refractivity contribution in [3.05, 3.63) is 59.7 Å². The van der Waals surface area contributed by atoms with Crippen molar-refractivity contribution < 1.29 is 24.2 Å². The van der Waals surface area contributed by atoms with Gasteiger partial charge in [0, 0.05) is 18.9 Å². The summed E-state index contributed by atoms with van der Waals surface area (Å²) in [5.74, 6) is -1.09. The van der Waals surface area contributed by atoms with Crippen LogP contribution in [0.25, 0.3) is 11.1 Å². The van der Waals surface area contributed by atoms with Crippen molar-refractivity contribution >= 4 is 18.0 Å². The van der Waals surface area contributed by atoms with Gasteiger partial charge in [0.2, 0.25) is 5.91 Å². The number of carbonyl (C=O) groups excluding carboxylic acids is 2. The molecule has 2 aromatic rings. The summed E-state index contributed by atoms with van der Waals surface area (Å²) < 4.78 is 5.68. The summed E-state index contributed by atoms with van der Waals surface area (Å²) in [5.41, 5.74) is 3.16. The van der Waals surface area contributed by atoms with Gasteiger partial charge in [-0.2, -0.15) is 0 Å². The number of carbonyl (C=O) groups is 3. The van der Waals surface area contributed by atoms with E-state index >= 15 is 0 Å². The third-order valence-corrected chi connectivity index (χ3v) is 8.16. The van der Waals surface area contributed by atoms with Gasteiger partial charge in [-0.1, -0.05) is 61.4 Å². The Labute approximate surface area is 205 Å². The van der Waals surface area contributed by atoms with Crippen LogP contribution in [0.2, 0.25) is 0 Å². The van der Waals surface area contributed by atoms with Crippen molar-refractivity contribution in [3.63, 3.8) is 0 Å². The molecule has 184 valence electrons. The maximum Gasteiger partial charge on any atom is 0.407 e. The van der Waals surface area contributed by atoms with Crippen LogP contribution in [0, 0.1) is 5.41 Å². The monoisotopic (exact) mass is 476 g/mol. The predicted octanol–water partition coefficient (Wildman–Crippen LogP) is 4.60. The minimum atomic E-state index is -0.858. The molecule has 7 heteroatoms. The average molecular weight is 477 g/mol. The molecule has 2 amide bonds. The SMILES string of the molecule is O=C(CC1(NC(=O)OCC2c3ccccc3-c3ccccc32)CCC1)NCC1(C(=O)O)CCCC1. The van der Waals surface area contributed by atoms with Gasteiger partial charge < -0.3 is 20.5 Å². The Kier molecular flexibility index (Phi) is 6.26. The highest BCUT2D eigenvalue weighted by atomic mass is 16.5. The summed E-state index contributed by atoms with van der Waals surface area (Å²) in [6.07, 6.45) is 4.87. The van der Waals surface area contributed by atoms with Crippen LogP contribution in [0.5, 0.6) is 0 Å². The maximum absolute atomic E-state index is 12.8. The molecular weight excluding hydrogens is 444 g/mol. The van der Waals surface area contributed by atoms with Crippen molar-refractivity contribution in [3.8, 4) is 11.1 Å². The Morgan fingerprint density at radius 2 is 1.49 bits per heavy atom. The number of alkyl carbamates (subject to hydrolysis) is 1. The van der Waals surface area contributed by atoms with E-state index in [1.807, 2.05) is 24.3 Å². The van der Waals surface area contributed by atoms with Gasteiger partial charge in [-0.05, 0) is 54.4 Å². The van der Waals surface area contributed by atoms with Crippen LogP contribution in [0.15, 0.2) is 48.5 Å². The number of benzene rings is 2. The van der Waals surface area contributed by atoms with Crippen molar-refractivity contribution in [1.82, 2.24) is 10.6 Å². The van der Waals surface area contributed by atoms with Gasteiger partial charge in [0.25, 0.3) is 0 Å². The van der Waals surface area contributed by atoms with E-state index in [2.05, 4.69) is 34.9 Å². The highest BCUT2D eigenvalue weighted by Gasteiger charge is 2.44. The van der Waals surface area contributed by atoms with E-state index in [-0.39, 0.29) is 31.4 Å². The van der Waals surface area contributed by atoms with Gasteiger partial charge >= 0.3 is 12.1 Å². The lowest BCUT2D eigenvalue weighted by atomic mass is 9.74. The Balaban J connectivity index is 1.17. The summed E-state index contributed by atoms with van der Waals surface area (Å²) in [7, 11) is 0. The number of amides is 2. The van der Waals surface area contributed by atoms with Gasteiger partial charge in [0.15, 0.2) is 0 Å². The first-order valence-corrected chi connectivity index (χ1v) is 12.5. The zero-order valence-electron chi connectivity index (χ0n) is 19.8. The Morgan fingerprint density at radius 1 is 0.886 bits per heavy atom. The Morgan fingerprint density at radius 3 is 2.03 bits per heavy atom. The summed E-state index contributed by atoms with van der Waals surface area (Å²) >= 11 is 0. The number of aliphatic carboxylic acids is 1. The molecule has 0 aromatic heterocycles. The normalized spacial score (nSPS) is 19.2. The van der Waals surface area contributed by atoms with Crippen LogP contribution in [0.1, 0.15) is 68.4 Å². The minimum Gasteiger partial charge on any atom is -0.481 e. The lowest BCUT2D eigenvalue weighted by molar-refractivity contribution is -0.148. The molecule has 2 aromatic carbocycles. The highest BCUT2D eigenvalue weighted by Crippen LogP contribution is 2.44. The van der Waals surface area contributed by atoms with E-state index in [1.54, 1.807) is 0 Å². The topological polar surface area (TPSA) is 105 Å². The number of hydrogen-bond acceptors (Lipinski definition) is 4. The molecule has 0 aliphatic heterocycles. The molecule has 0 saturated heterocycles. The van der Waals surface area contributed by atoms with Crippen molar-refractivity contribution in [2.75, 3.05) is 13.2 Å². The standard InChI is InChI=1S/C28H32N2O5/c31-24(29-18-27(25(32)33)12-5-6-13-27)16-28(14-7-15-28)30-26(34)35-17-23-21-10-3-1-8-19(21)20-9-2-4-11-22(20)23/h1-4,8-11,23H,5-7,12-18H2,(H,29,31)(H,30,34)(H,32,33). The quantitative estimate of drug-likeness (QED) is 0.517. The van der Waals surface area contributed by atoms with E-state index in [4.69, 9.17) is 4.74 Å². The van der Waals surface area contributed by atoms with Crippen LogP contribution in [-0.4, -0.2) is 41.8 Å². The molecule has 35 heavy (non-hydrogen) atoms. The lowest BCUT2D eigenvalue weighted by Gasteiger charge is -2.41. The molecule has 0 atom stereocenters.